The molecular weight excluding hydrogens is 421 g/mol. The molecular formula is C17H13BrFN5OS. The van der Waals surface area contributed by atoms with Crippen molar-refractivity contribution in [1.82, 2.24) is 20.2 Å². The molecule has 132 valence electrons. The average molecular weight is 434 g/mol. The maximum absolute atomic E-state index is 13.2. The molecule has 1 heterocycles. The minimum absolute atomic E-state index is 0.328. The number of halogens is 2. The average Bonchev–Trinajstić information content (AvgIpc) is 3.00. The first-order valence-electron chi connectivity index (χ1n) is 7.45. The van der Waals surface area contributed by atoms with Gasteiger partial charge in [0.1, 0.15) is 5.82 Å². The lowest BCUT2D eigenvalue weighted by atomic mass is 10.2. The zero-order valence-electron chi connectivity index (χ0n) is 13.6. The molecule has 3 aromatic rings. The second-order valence-corrected chi connectivity index (χ2v) is 7.13. The summed E-state index contributed by atoms with van der Waals surface area (Å²) in [6.07, 6.45) is 2.91. The van der Waals surface area contributed by atoms with Gasteiger partial charge in [-0.05, 0) is 64.2 Å². The van der Waals surface area contributed by atoms with Crippen molar-refractivity contribution in [3.8, 4) is 0 Å². The van der Waals surface area contributed by atoms with Crippen LogP contribution in [0.25, 0.3) is 6.08 Å². The molecule has 1 aromatic heterocycles. The predicted octanol–water partition coefficient (Wildman–Crippen LogP) is 3.91. The number of tetrazole rings is 1. The number of anilines is 1. The number of carbonyl (C=O) groups is 1. The molecule has 0 spiro atoms. The second kappa shape index (κ2) is 8.24. The highest BCUT2D eigenvalue weighted by molar-refractivity contribution is 9.10. The lowest BCUT2D eigenvalue weighted by Gasteiger charge is -2.09. The van der Waals surface area contributed by atoms with E-state index in [4.69, 9.17) is 0 Å². The van der Waals surface area contributed by atoms with Crippen molar-refractivity contribution in [3.05, 3.63) is 64.4 Å². The molecule has 3 rings (SSSR count). The van der Waals surface area contributed by atoms with Gasteiger partial charge in [0, 0.05) is 22.5 Å². The van der Waals surface area contributed by atoms with Crippen LogP contribution in [-0.4, -0.2) is 26.1 Å². The normalized spacial score (nSPS) is 11.0. The van der Waals surface area contributed by atoms with Gasteiger partial charge in [-0.25, -0.2) is 9.07 Å². The van der Waals surface area contributed by atoms with Crippen LogP contribution in [0.5, 0.6) is 0 Å². The van der Waals surface area contributed by atoms with E-state index in [1.54, 1.807) is 36.0 Å². The molecule has 0 saturated carbocycles. The Morgan fingerprint density at radius 2 is 2.15 bits per heavy atom. The van der Waals surface area contributed by atoms with Crippen molar-refractivity contribution in [2.45, 2.75) is 10.1 Å². The monoisotopic (exact) mass is 433 g/mol. The summed E-state index contributed by atoms with van der Waals surface area (Å²) >= 11 is 4.73. The van der Waals surface area contributed by atoms with Crippen LogP contribution in [0.2, 0.25) is 0 Å². The first kappa shape index (κ1) is 18.3. The van der Waals surface area contributed by atoms with E-state index in [1.807, 2.05) is 12.1 Å². The predicted molar refractivity (Wildman–Crippen MR) is 101 cm³/mol. The first-order chi connectivity index (χ1) is 12.5. The molecule has 0 unspecified atom stereocenters. The minimum atomic E-state index is -0.351. The minimum Gasteiger partial charge on any atom is -0.321 e. The highest BCUT2D eigenvalue weighted by Gasteiger charge is 2.11. The first-order valence-corrected chi connectivity index (χ1v) is 9.06. The molecule has 2 aromatic carbocycles. The number of aryl methyl sites for hydroxylation is 1. The summed E-state index contributed by atoms with van der Waals surface area (Å²) in [7, 11) is 1.74. The fraction of sp³-hybridized carbons (Fsp3) is 0.0588. The molecule has 9 heteroatoms. The third-order valence-electron chi connectivity index (χ3n) is 3.26. The Hall–Kier alpha value is -2.52. The zero-order chi connectivity index (χ0) is 18.5. The summed E-state index contributed by atoms with van der Waals surface area (Å²) in [6.45, 7) is 0. The quantitative estimate of drug-likeness (QED) is 0.617. The number of nitrogens with zero attached hydrogens (tertiary/aromatic N) is 4. The summed E-state index contributed by atoms with van der Waals surface area (Å²) in [4.78, 5) is 13.0. The van der Waals surface area contributed by atoms with Crippen molar-refractivity contribution in [3.63, 3.8) is 0 Å². The zero-order valence-corrected chi connectivity index (χ0v) is 16.0. The molecule has 0 fully saturated rings. The van der Waals surface area contributed by atoms with Crippen molar-refractivity contribution in [1.29, 1.82) is 0 Å². The number of rotatable bonds is 5. The molecule has 0 atom stereocenters. The van der Waals surface area contributed by atoms with Crippen LogP contribution in [-0.2, 0) is 11.8 Å². The molecule has 0 aliphatic carbocycles. The van der Waals surface area contributed by atoms with Crippen LogP contribution in [0.3, 0.4) is 0 Å². The van der Waals surface area contributed by atoms with Gasteiger partial charge in [0.05, 0.1) is 5.69 Å². The molecule has 0 saturated heterocycles. The van der Waals surface area contributed by atoms with Gasteiger partial charge < -0.3 is 5.32 Å². The Morgan fingerprint density at radius 3 is 2.88 bits per heavy atom. The van der Waals surface area contributed by atoms with E-state index in [9.17, 15) is 9.18 Å². The van der Waals surface area contributed by atoms with Crippen molar-refractivity contribution < 1.29 is 9.18 Å². The Bertz CT molecular complexity index is 975. The Labute approximate surface area is 161 Å². The van der Waals surface area contributed by atoms with E-state index in [0.717, 1.165) is 9.37 Å². The number of carbonyl (C=O) groups excluding carboxylic acids is 1. The lowest BCUT2D eigenvalue weighted by Crippen LogP contribution is -2.08. The van der Waals surface area contributed by atoms with E-state index >= 15 is 0 Å². The van der Waals surface area contributed by atoms with Crippen molar-refractivity contribution >= 4 is 45.4 Å². The van der Waals surface area contributed by atoms with E-state index in [1.165, 1.54) is 30.0 Å². The number of hydrogen-bond acceptors (Lipinski definition) is 5. The third-order valence-corrected chi connectivity index (χ3v) is 4.86. The molecule has 0 bridgehead atoms. The van der Waals surface area contributed by atoms with Gasteiger partial charge in [0.25, 0.3) is 0 Å². The van der Waals surface area contributed by atoms with Gasteiger partial charge in [-0.2, -0.15) is 0 Å². The largest absolute Gasteiger partial charge is 0.321 e. The van der Waals surface area contributed by atoms with Crippen LogP contribution in [0.1, 0.15) is 5.56 Å². The number of amides is 1. The number of hydrogen-bond donors (Lipinski definition) is 1. The molecule has 6 nitrogen and oxygen atoms in total. The van der Waals surface area contributed by atoms with E-state index < -0.39 is 0 Å². The van der Waals surface area contributed by atoms with Crippen molar-refractivity contribution in [2.24, 2.45) is 7.05 Å². The maximum Gasteiger partial charge on any atom is 0.248 e. The Morgan fingerprint density at radius 1 is 1.31 bits per heavy atom. The van der Waals surface area contributed by atoms with Crippen LogP contribution < -0.4 is 5.32 Å². The molecule has 1 amide bonds. The molecule has 26 heavy (non-hydrogen) atoms. The van der Waals surface area contributed by atoms with Crippen LogP contribution in [0.15, 0.2) is 63.1 Å². The summed E-state index contributed by atoms with van der Waals surface area (Å²) in [5, 5.41) is 14.7. The second-order valence-electron chi connectivity index (χ2n) is 5.21. The SMILES string of the molecule is Cn1nnnc1Sc1ccc(Br)cc1NC(=O)/C=C/c1cccc(F)c1. The molecule has 1 N–H and O–H groups in total. The van der Waals surface area contributed by atoms with E-state index in [0.29, 0.717) is 16.4 Å². The molecule has 0 aliphatic heterocycles. The van der Waals surface area contributed by atoms with Crippen LogP contribution in [0, 0.1) is 5.82 Å². The van der Waals surface area contributed by atoms with Gasteiger partial charge in [-0.1, -0.05) is 28.1 Å². The smallest absolute Gasteiger partial charge is 0.248 e. The number of nitrogens with one attached hydrogen (secondary N) is 1. The highest BCUT2D eigenvalue weighted by Crippen LogP contribution is 2.33. The van der Waals surface area contributed by atoms with Gasteiger partial charge in [0.2, 0.25) is 11.1 Å². The Balaban J connectivity index is 1.77. The maximum atomic E-state index is 13.2. The standard InChI is InChI=1S/C17H13BrFN5OS/c1-24-17(21-22-23-24)26-15-7-6-12(18)10-14(15)20-16(25)8-5-11-3-2-4-13(19)9-11/h2-10H,1H3,(H,20,25)/b8-5+. The summed E-state index contributed by atoms with van der Waals surface area (Å²) < 4.78 is 15.6. The third kappa shape index (κ3) is 4.77. The summed E-state index contributed by atoms with van der Waals surface area (Å²) in [5.74, 6) is -0.680. The van der Waals surface area contributed by atoms with E-state index in [-0.39, 0.29) is 11.7 Å². The lowest BCUT2D eigenvalue weighted by molar-refractivity contribution is -0.111. The molecule has 0 radical (unpaired) electrons. The van der Waals surface area contributed by atoms with Gasteiger partial charge in [-0.3, -0.25) is 4.79 Å². The number of aromatic nitrogens is 4. The Kier molecular flexibility index (Phi) is 5.79. The van der Waals surface area contributed by atoms with Crippen LogP contribution in [0.4, 0.5) is 10.1 Å². The van der Waals surface area contributed by atoms with E-state index in [2.05, 4.69) is 36.8 Å². The van der Waals surface area contributed by atoms with Crippen molar-refractivity contribution in [2.75, 3.05) is 5.32 Å². The number of benzene rings is 2. The van der Waals surface area contributed by atoms with Gasteiger partial charge in [0.15, 0.2) is 0 Å². The summed E-state index contributed by atoms with van der Waals surface area (Å²) in [5.41, 5.74) is 1.22. The van der Waals surface area contributed by atoms with Gasteiger partial charge >= 0.3 is 0 Å². The summed E-state index contributed by atoms with van der Waals surface area (Å²) in [6, 6.07) is 11.5. The topological polar surface area (TPSA) is 72.7 Å². The fourth-order valence-electron chi connectivity index (χ4n) is 2.05. The molecule has 0 aliphatic rings. The fourth-order valence-corrected chi connectivity index (χ4v) is 3.21. The highest BCUT2D eigenvalue weighted by atomic mass is 79.9. The van der Waals surface area contributed by atoms with Gasteiger partial charge in [-0.15, -0.1) is 5.10 Å². The van der Waals surface area contributed by atoms with Crippen LogP contribution >= 0.6 is 27.7 Å².